The van der Waals surface area contributed by atoms with Crippen LogP contribution in [-0.2, 0) is 13.0 Å². The Morgan fingerprint density at radius 1 is 1.44 bits per heavy atom. The number of ketones is 1. The molecule has 5 heteroatoms. The number of carbonyl (C=O) groups is 1. The van der Waals surface area contributed by atoms with Gasteiger partial charge in [-0.3, -0.25) is 14.5 Å². The van der Waals surface area contributed by atoms with Crippen LogP contribution < -0.4 is 0 Å². The van der Waals surface area contributed by atoms with Crippen molar-refractivity contribution in [2.75, 3.05) is 0 Å². The van der Waals surface area contributed by atoms with Gasteiger partial charge in [-0.05, 0) is 34.5 Å². The van der Waals surface area contributed by atoms with Gasteiger partial charge in [-0.15, -0.1) is 0 Å². The predicted molar refractivity (Wildman–Crippen MR) is 72.5 cm³/mol. The minimum atomic E-state index is 0.0338. The van der Waals surface area contributed by atoms with E-state index in [4.69, 9.17) is 0 Å². The number of Topliss-reactive ketones (excluding diaryl/α,β-unsaturated/α-hetero) is 1. The quantitative estimate of drug-likeness (QED) is 0.798. The van der Waals surface area contributed by atoms with Crippen molar-refractivity contribution in [3.05, 3.63) is 46.5 Å². The van der Waals surface area contributed by atoms with Gasteiger partial charge < -0.3 is 0 Å². The Labute approximate surface area is 114 Å². The van der Waals surface area contributed by atoms with Gasteiger partial charge in [0.2, 0.25) is 0 Å². The highest BCUT2D eigenvalue weighted by molar-refractivity contribution is 9.10. The smallest absolute Gasteiger partial charge is 0.187 e. The van der Waals surface area contributed by atoms with Gasteiger partial charge in [-0.2, -0.15) is 5.10 Å². The molecule has 0 saturated carbocycles. The number of halogens is 1. The zero-order chi connectivity index (χ0) is 13.0. The molecule has 0 bridgehead atoms. The Kier molecular flexibility index (Phi) is 4.25. The summed E-state index contributed by atoms with van der Waals surface area (Å²) in [6.07, 6.45) is 4.61. The maximum atomic E-state index is 12.3. The van der Waals surface area contributed by atoms with Gasteiger partial charge in [-0.25, -0.2) is 0 Å². The molecule has 0 unspecified atom stereocenters. The first-order valence-corrected chi connectivity index (χ1v) is 6.66. The molecule has 0 aliphatic carbocycles. The molecule has 0 fully saturated rings. The monoisotopic (exact) mass is 307 g/mol. The Balaban J connectivity index is 2.21. The third-order valence-electron chi connectivity index (χ3n) is 2.56. The van der Waals surface area contributed by atoms with Crippen LogP contribution in [0.2, 0.25) is 0 Å². The highest BCUT2D eigenvalue weighted by Gasteiger charge is 2.17. The van der Waals surface area contributed by atoms with Crippen LogP contribution in [0, 0.1) is 0 Å². The molecule has 2 heterocycles. The Hall–Kier alpha value is -1.49. The summed E-state index contributed by atoms with van der Waals surface area (Å²) in [6, 6.07) is 5.57. The van der Waals surface area contributed by atoms with Crippen LogP contribution >= 0.6 is 15.9 Å². The lowest BCUT2D eigenvalue weighted by Gasteiger charge is -2.05. The van der Waals surface area contributed by atoms with Crippen molar-refractivity contribution in [2.24, 2.45) is 0 Å². The first kappa shape index (κ1) is 13.0. The molecule has 0 radical (unpaired) electrons. The number of carbonyl (C=O) groups excluding carboxylic acids is 1. The lowest BCUT2D eigenvalue weighted by molar-refractivity contribution is 0.0980. The van der Waals surface area contributed by atoms with E-state index in [1.807, 2.05) is 18.2 Å². The molecule has 0 N–H and O–H groups in total. The summed E-state index contributed by atoms with van der Waals surface area (Å²) in [5.41, 5.74) is 1.40. The molecule has 94 valence electrons. The Morgan fingerprint density at radius 3 is 2.94 bits per heavy atom. The first-order chi connectivity index (χ1) is 8.72. The molecule has 2 rings (SSSR count). The minimum Gasteiger partial charge on any atom is -0.292 e. The van der Waals surface area contributed by atoms with Gasteiger partial charge in [0, 0.05) is 18.4 Å². The van der Waals surface area contributed by atoms with E-state index in [-0.39, 0.29) is 5.78 Å². The highest BCUT2D eigenvalue weighted by Crippen LogP contribution is 2.18. The second-order valence-corrected chi connectivity index (χ2v) is 4.84. The molecule has 0 spiro atoms. The van der Waals surface area contributed by atoms with E-state index in [9.17, 15) is 4.79 Å². The highest BCUT2D eigenvalue weighted by atomic mass is 79.9. The van der Waals surface area contributed by atoms with Crippen molar-refractivity contribution in [1.29, 1.82) is 0 Å². The number of nitrogens with zero attached hydrogens (tertiary/aromatic N) is 3. The van der Waals surface area contributed by atoms with Gasteiger partial charge in [-0.1, -0.05) is 13.0 Å². The largest absolute Gasteiger partial charge is 0.292 e. The lowest BCUT2D eigenvalue weighted by atomic mass is 10.1. The first-order valence-electron chi connectivity index (χ1n) is 5.86. The standard InChI is InChI=1S/C13H14BrN3O/c1-2-7-17-13(11(14)9-16-17)12(18)8-10-5-3-4-6-15-10/h3-6,9H,2,7-8H2,1H3. The normalized spacial score (nSPS) is 10.6. The second kappa shape index (κ2) is 5.91. The topological polar surface area (TPSA) is 47.8 Å². The van der Waals surface area contributed by atoms with Crippen molar-refractivity contribution >= 4 is 21.7 Å². The summed E-state index contributed by atoms with van der Waals surface area (Å²) < 4.78 is 2.49. The number of hydrogen-bond acceptors (Lipinski definition) is 3. The number of aromatic nitrogens is 3. The molecular formula is C13H14BrN3O. The number of hydrogen-bond donors (Lipinski definition) is 0. The molecule has 0 aliphatic rings. The fourth-order valence-electron chi connectivity index (χ4n) is 1.77. The molecule has 0 amide bonds. The summed E-state index contributed by atoms with van der Waals surface area (Å²) in [5, 5.41) is 4.20. The Morgan fingerprint density at radius 2 is 2.28 bits per heavy atom. The summed E-state index contributed by atoms with van der Waals surface area (Å²) in [6.45, 7) is 2.80. The second-order valence-electron chi connectivity index (χ2n) is 3.99. The molecule has 0 aliphatic heterocycles. The average molecular weight is 308 g/mol. The number of rotatable bonds is 5. The molecule has 2 aromatic rings. The minimum absolute atomic E-state index is 0.0338. The number of aryl methyl sites for hydroxylation is 1. The van der Waals surface area contributed by atoms with Crippen LogP contribution in [-0.4, -0.2) is 20.5 Å². The van der Waals surface area contributed by atoms with Crippen LogP contribution in [0.25, 0.3) is 0 Å². The van der Waals surface area contributed by atoms with Crippen molar-refractivity contribution in [1.82, 2.24) is 14.8 Å². The molecule has 18 heavy (non-hydrogen) atoms. The van der Waals surface area contributed by atoms with Crippen LogP contribution in [0.15, 0.2) is 35.1 Å². The third kappa shape index (κ3) is 2.85. The van der Waals surface area contributed by atoms with E-state index in [1.54, 1.807) is 17.1 Å². The van der Waals surface area contributed by atoms with Gasteiger partial charge in [0.15, 0.2) is 5.78 Å². The zero-order valence-corrected chi connectivity index (χ0v) is 11.7. The third-order valence-corrected chi connectivity index (χ3v) is 3.14. The molecule has 0 aromatic carbocycles. The maximum absolute atomic E-state index is 12.3. The van der Waals surface area contributed by atoms with Gasteiger partial charge in [0.1, 0.15) is 5.69 Å². The van der Waals surface area contributed by atoms with Crippen LogP contribution in [0.3, 0.4) is 0 Å². The van der Waals surface area contributed by atoms with Gasteiger partial charge >= 0.3 is 0 Å². The van der Waals surface area contributed by atoms with E-state index in [1.165, 1.54) is 0 Å². The van der Waals surface area contributed by atoms with E-state index < -0.39 is 0 Å². The number of pyridine rings is 1. The summed E-state index contributed by atoms with van der Waals surface area (Å²) >= 11 is 3.38. The molecular weight excluding hydrogens is 294 g/mol. The van der Waals surface area contributed by atoms with Gasteiger partial charge in [0.05, 0.1) is 17.1 Å². The van der Waals surface area contributed by atoms with Crippen LogP contribution in [0.5, 0.6) is 0 Å². The van der Waals surface area contributed by atoms with Crippen molar-refractivity contribution < 1.29 is 4.79 Å². The van der Waals surface area contributed by atoms with Gasteiger partial charge in [0.25, 0.3) is 0 Å². The Bertz CT molecular complexity index is 536. The van der Waals surface area contributed by atoms with Crippen LogP contribution in [0.1, 0.15) is 29.5 Å². The maximum Gasteiger partial charge on any atom is 0.187 e. The molecule has 4 nitrogen and oxygen atoms in total. The van der Waals surface area contributed by atoms with Crippen LogP contribution in [0.4, 0.5) is 0 Å². The molecule has 0 saturated heterocycles. The summed E-state index contributed by atoms with van der Waals surface area (Å²) in [5.74, 6) is 0.0338. The molecule has 2 aromatic heterocycles. The predicted octanol–water partition coefficient (Wildman–Crippen LogP) is 2.88. The average Bonchev–Trinajstić information content (AvgIpc) is 2.72. The SMILES string of the molecule is CCCn1ncc(Br)c1C(=O)Cc1ccccn1. The van der Waals surface area contributed by atoms with Crippen molar-refractivity contribution in [3.8, 4) is 0 Å². The van der Waals surface area contributed by atoms with E-state index in [0.29, 0.717) is 12.1 Å². The van der Waals surface area contributed by atoms with E-state index >= 15 is 0 Å². The van der Waals surface area contributed by atoms with E-state index in [2.05, 4.69) is 32.9 Å². The summed E-state index contributed by atoms with van der Waals surface area (Å²) in [7, 11) is 0. The lowest BCUT2D eigenvalue weighted by Crippen LogP contribution is -2.13. The van der Waals surface area contributed by atoms with Crippen molar-refractivity contribution in [2.45, 2.75) is 26.3 Å². The fourth-order valence-corrected chi connectivity index (χ4v) is 2.29. The zero-order valence-electron chi connectivity index (χ0n) is 10.1. The van der Waals surface area contributed by atoms with E-state index in [0.717, 1.165) is 23.1 Å². The fraction of sp³-hybridized carbons (Fsp3) is 0.308. The molecule has 0 atom stereocenters. The van der Waals surface area contributed by atoms with Crippen molar-refractivity contribution in [3.63, 3.8) is 0 Å². The summed E-state index contributed by atoms with van der Waals surface area (Å²) in [4.78, 5) is 16.4.